The van der Waals surface area contributed by atoms with Crippen LogP contribution in [0.2, 0.25) is 0 Å². The molecule has 0 atom stereocenters. The second-order valence-electron chi connectivity index (χ2n) is 5.43. The summed E-state index contributed by atoms with van der Waals surface area (Å²) < 4.78 is 0. The molecule has 0 aliphatic carbocycles. The number of thiazole rings is 1. The van der Waals surface area contributed by atoms with Gasteiger partial charge in [0.25, 0.3) is 0 Å². The van der Waals surface area contributed by atoms with E-state index < -0.39 is 0 Å². The number of aromatic nitrogens is 2. The Kier molecular flexibility index (Phi) is 3.78. The Balaban J connectivity index is 2.16. The lowest BCUT2D eigenvalue weighted by Gasteiger charge is -2.14. The van der Waals surface area contributed by atoms with Gasteiger partial charge >= 0.3 is 0 Å². The number of hydrogen-bond acceptors (Lipinski definition) is 5. The molecule has 3 aromatic rings. The van der Waals surface area contributed by atoms with Crippen LogP contribution in [-0.2, 0) is 0 Å². The van der Waals surface area contributed by atoms with Gasteiger partial charge in [0.2, 0.25) is 0 Å². The van der Waals surface area contributed by atoms with E-state index in [1.165, 1.54) is 0 Å². The second-order valence-corrected chi connectivity index (χ2v) is 6.67. The maximum Gasteiger partial charge on any atom is 0.103 e. The molecule has 0 fully saturated rings. The lowest BCUT2D eigenvalue weighted by molar-refractivity contribution is 0.900. The van der Waals surface area contributed by atoms with Crippen molar-refractivity contribution in [1.82, 2.24) is 9.97 Å². The maximum absolute atomic E-state index is 9.29. The van der Waals surface area contributed by atoms with Crippen LogP contribution in [0, 0.1) is 18.3 Å². The molecule has 0 aliphatic rings. The van der Waals surface area contributed by atoms with Crippen LogP contribution in [0.4, 0.5) is 5.69 Å². The summed E-state index contributed by atoms with van der Waals surface area (Å²) in [6, 6.07) is 8.60. The van der Waals surface area contributed by atoms with E-state index >= 15 is 0 Å². The molecule has 0 spiro atoms. The average Bonchev–Trinajstić information content (AvgIpc) is 2.93. The van der Waals surface area contributed by atoms with Crippen LogP contribution in [0.15, 0.2) is 30.6 Å². The van der Waals surface area contributed by atoms with E-state index in [-0.39, 0.29) is 6.04 Å². The van der Waals surface area contributed by atoms with Gasteiger partial charge in [0, 0.05) is 23.8 Å². The highest BCUT2D eigenvalue weighted by molar-refractivity contribution is 7.15. The SMILES string of the molecule is Cc1ncc(-c2ccc3c(NC(C)C)c(C#N)cnc3c2)s1. The van der Waals surface area contributed by atoms with Crippen LogP contribution in [0.25, 0.3) is 21.3 Å². The van der Waals surface area contributed by atoms with Crippen molar-refractivity contribution in [3.05, 3.63) is 41.2 Å². The van der Waals surface area contributed by atoms with Crippen molar-refractivity contribution in [1.29, 1.82) is 5.26 Å². The molecule has 5 heteroatoms. The highest BCUT2D eigenvalue weighted by atomic mass is 32.1. The van der Waals surface area contributed by atoms with Crippen LogP contribution in [0.3, 0.4) is 0 Å². The van der Waals surface area contributed by atoms with E-state index in [0.29, 0.717) is 5.56 Å². The fourth-order valence-corrected chi connectivity index (χ4v) is 3.14. The van der Waals surface area contributed by atoms with E-state index in [9.17, 15) is 5.26 Å². The maximum atomic E-state index is 9.29. The van der Waals surface area contributed by atoms with Gasteiger partial charge in [-0.05, 0) is 32.4 Å². The molecular formula is C17H16N4S. The molecule has 1 N–H and O–H groups in total. The van der Waals surface area contributed by atoms with Gasteiger partial charge in [0.1, 0.15) is 6.07 Å². The van der Waals surface area contributed by atoms with Gasteiger partial charge < -0.3 is 5.32 Å². The first-order valence-corrected chi connectivity index (χ1v) is 7.92. The normalized spacial score (nSPS) is 10.9. The fraction of sp³-hybridized carbons (Fsp3) is 0.235. The number of nitriles is 1. The van der Waals surface area contributed by atoms with Gasteiger partial charge in [-0.15, -0.1) is 11.3 Å². The van der Waals surface area contributed by atoms with Gasteiger partial charge in [-0.25, -0.2) is 4.98 Å². The number of pyridine rings is 1. The second kappa shape index (κ2) is 5.74. The molecule has 110 valence electrons. The molecule has 0 bridgehead atoms. The minimum Gasteiger partial charge on any atom is -0.381 e. The van der Waals surface area contributed by atoms with Crippen molar-refractivity contribution in [2.24, 2.45) is 0 Å². The third-order valence-corrected chi connectivity index (χ3v) is 4.29. The predicted octanol–water partition coefficient (Wildman–Crippen LogP) is 4.36. The molecule has 0 aliphatic heterocycles. The van der Waals surface area contributed by atoms with E-state index in [1.807, 2.05) is 19.2 Å². The van der Waals surface area contributed by atoms with Crippen LogP contribution < -0.4 is 5.32 Å². The lowest BCUT2D eigenvalue weighted by atomic mass is 10.1. The fourth-order valence-electron chi connectivity index (χ4n) is 2.37. The molecule has 0 radical (unpaired) electrons. The summed E-state index contributed by atoms with van der Waals surface area (Å²) in [5.41, 5.74) is 3.41. The lowest BCUT2D eigenvalue weighted by Crippen LogP contribution is -2.11. The Labute approximate surface area is 133 Å². The number of rotatable bonds is 3. The molecule has 3 rings (SSSR count). The summed E-state index contributed by atoms with van der Waals surface area (Å²) in [6.07, 6.45) is 3.52. The molecule has 0 unspecified atom stereocenters. The van der Waals surface area contributed by atoms with Crippen LogP contribution in [0.5, 0.6) is 0 Å². The number of nitrogens with one attached hydrogen (secondary N) is 1. The van der Waals surface area contributed by atoms with E-state index in [0.717, 1.165) is 32.0 Å². The smallest absolute Gasteiger partial charge is 0.103 e. The van der Waals surface area contributed by atoms with Crippen LogP contribution >= 0.6 is 11.3 Å². The molecule has 2 heterocycles. The molecule has 0 saturated heterocycles. The highest BCUT2D eigenvalue weighted by Gasteiger charge is 2.11. The van der Waals surface area contributed by atoms with Crippen molar-refractivity contribution >= 4 is 27.9 Å². The molecule has 0 amide bonds. The Morgan fingerprint density at radius 2 is 2.05 bits per heavy atom. The largest absolute Gasteiger partial charge is 0.381 e. The van der Waals surface area contributed by atoms with Gasteiger partial charge in [0.05, 0.1) is 26.7 Å². The summed E-state index contributed by atoms with van der Waals surface area (Å²) in [6.45, 7) is 6.11. The van der Waals surface area contributed by atoms with E-state index in [4.69, 9.17) is 0 Å². The molecule has 1 aromatic carbocycles. The van der Waals surface area contributed by atoms with Crippen LogP contribution in [-0.4, -0.2) is 16.0 Å². The number of anilines is 1. The van der Waals surface area contributed by atoms with Crippen molar-refractivity contribution in [3.63, 3.8) is 0 Å². The first-order valence-electron chi connectivity index (χ1n) is 7.10. The Bertz CT molecular complexity index is 874. The highest BCUT2D eigenvalue weighted by Crippen LogP contribution is 2.32. The van der Waals surface area contributed by atoms with Crippen molar-refractivity contribution in [2.45, 2.75) is 26.8 Å². The number of fused-ring (bicyclic) bond motifs is 1. The van der Waals surface area contributed by atoms with Gasteiger partial charge in [-0.1, -0.05) is 12.1 Å². The summed E-state index contributed by atoms with van der Waals surface area (Å²) in [5, 5.41) is 14.7. The third-order valence-electron chi connectivity index (χ3n) is 3.33. The Morgan fingerprint density at radius 1 is 1.23 bits per heavy atom. The van der Waals surface area contributed by atoms with Crippen LogP contribution in [0.1, 0.15) is 24.4 Å². The minimum atomic E-state index is 0.251. The van der Waals surface area contributed by atoms with Crippen molar-refractivity contribution < 1.29 is 0 Å². The third kappa shape index (κ3) is 2.66. The van der Waals surface area contributed by atoms with Gasteiger partial charge in [-0.3, -0.25) is 4.98 Å². The minimum absolute atomic E-state index is 0.251. The molecule has 0 saturated carbocycles. The summed E-state index contributed by atoms with van der Waals surface area (Å²) in [7, 11) is 0. The quantitative estimate of drug-likeness (QED) is 0.781. The Morgan fingerprint density at radius 3 is 2.68 bits per heavy atom. The summed E-state index contributed by atoms with van der Waals surface area (Å²) >= 11 is 1.67. The molecule has 22 heavy (non-hydrogen) atoms. The standard InChI is InChI=1S/C17H16N4S/c1-10(2)21-17-13(7-18)8-20-15-6-12(4-5-14(15)17)16-9-19-11(3)22-16/h4-6,8-10H,1-3H3,(H,20,21). The van der Waals surface area contributed by atoms with Crippen molar-refractivity contribution in [3.8, 4) is 16.5 Å². The number of benzene rings is 1. The van der Waals surface area contributed by atoms with Gasteiger partial charge in [-0.2, -0.15) is 5.26 Å². The predicted molar refractivity (Wildman–Crippen MR) is 91.1 cm³/mol. The van der Waals surface area contributed by atoms with E-state index in [1.54, 1.807) is 17.5 Å². The molecule has 2 aromatic heterocycles. The first kappa shape index (κ1) is 14.5. The van der Waals surface area contributed by atoms with Gasteiger partial charge in [0.15, 0.2) is 0 Å². The number of nitrogens with zero attached hydrogens (tertiary/aromatic N) is 3. The number of hydrogen-bond donors (Lipinski definition) is 1. The summed E-state index contributed by atoms with van der Waals surface area (Å²) in [5.74, 6) is 0. The topological polar surface area (TPSA) is 61.6 Å². The zero-order valence-electron chi connectivity index (χ0n) is 12.7. The zero-order chi connectivity index (χ0) is 15.7. The average molecular weight is 308 g/mol. The van der Waals surface area contributed by atoms with E-state index in [2.05, 4.69) is 47.3 Å². The Hall–Kier alpha value is -2.45. The molecule has 4 nitrogen and oxygen atoms in total. The first-order chi connectivity index (χ1) is 10.6. The van der Waals surface area contributed by atoms with Crippen molar-refractivity contribution in [2.75, 3.05) is 5.32 Å². The number of aryl methyl sites for hydroxylation is 1. The monoisotopic (exact) mass is 308 g/mol. The molecular weight excluding hydrogens is 292 g/mol. The summed E-state index contributed by atoms with van der Waals surface area (Å²) in [4.78, 5) is 9.86. The zero-order valence-corrected chi connectivity index (χ0v) is 13.5.